The third kappa shape index (κ3) is 4.09. The van der Waals surface area contributed by atoms with Crippen LogP contribution in [-0.4, -0.2) is 30.4 Å². The maximum Gasteiger partial charge on any atom is 0.351 e. The number of hydrogen-bond acceptors (Lipinski definition) is 5. The number of aromatic nitrogens is 5. The molecule has 138 valence electrons. The van der Waals surface area contributed by atoms with Gasteiger partial charge in [0.25, 0.3) is 0 Å². The fourth-order valence-electron chi connectivity index (χ4n) is 2.91. The molecule has 0 N–H and O–H groups in total. The van der Waals surface area contributed by atoms with Gasteiger partial charge in [-0.2, -0.15) is 4.98 Å². The average molecular weight is 384 g/mol. The summed E-state index contributed by atoms with van der Waals surface area (Å²) in [5.41, 5.74) is 1.81. The molecule has 3 aromatic heterocycles. The fourth-order valence-corrected chi connectivity index (χ4v) is 3.05. The molecule has 0 amide bonds. The molecule has 8 heteroatoms. The molecule has 0 atom stereocenters. The van der Waals surface area contributed by atoms with Crippen molar-refractivity contribution in [1.29, 1.82) is 0 Å². The number of furan rings is 1. The Morgan fingerprint density at radius 3 is 2.78 bits per heavy atom. The van der Waals surface area contributed by atoms with Crippen LogP contribution in [0.3, 0.4) is 0 Å². The summed E-state index contributed by atoms with van der Waals surface area (Å²) in [5.74, 6) is 1.35. The summed E-state index contributed by atoms with van der Waals surface area (Å²) in [4.78, 5) is 16.3. The lowest BCUT2D eigenvalue weighted by Gasteiger charge is -2.01. The van der Waals surface area contributed by atoms with Crippen molar-refractivity contribution in [1.82, 2.24) is 24.5 Å². The quantitative estimate of drug-likeness (QED) is 0.458. The Hall–Kier alpha value is -2.93. The van der Waals surface area contributed by atoms with E-state index in [4.69, 9.17) is 16.0 Å². The maximum absolute atomic E-state index is 12.3. The molecule has 0 fully saturated rings. The lowest BCUT2D eigenvalue weighted by atomic mass is 10.2. The molecule has 0 spiro atoms. The normalized spacial score (nSPS) is 11.3. The van der Waals surface area contributed by atoms with Crippen LogP contribution in [0.4, 0.5) is 0 Å². The van der Waals surface area contributed by atoms with E-state index in [1.165, 1.54) is 4.57 Å². The van der Waals surface area contributed by atoms with E-state index in [1.54, 1.807) is 10.9 Å². The van der Waals surface area contributed by atoms with Crippen molar-refractivity contribution in [2.45, 2.75) is 25.9 Å². The van der Waals surface area contributed by atoms with Crippen molar-refractivity contribution in [3.05, 3.63) is 76.3 Å². The topological polar surface area (TPSA) is 78.7 Å². The maximum atomic E-state index is 12.3. The highest BCUT2D eigenvalue weighted by atomic mass is 35.5. The molecule has 0 radical (unpaired) electrons. The molecular weight excluding hydrogens is 366 g/mol. The molecule has 0 aliphatic heterocycles. The average Bonchev–Trinajstić information content (AvgIpc) is 3.27. The fraction of sp³-hybridized carbons (Fsp3) is 0.263. The molecule has 27 heavy (non-hydrogen) atoms. The van der Waals surface area contributed by atoms with Crippen LogP contribution < -0.4 is 5.69 Å². The molecule has 3 heterocycles. The first kappa shape index (κ1) is 17.5. The van der Waals surface area contributed by atoms with Crippen molar-refractivity contribution in [2.75, 3.05) is 5.88 Å². The minimum absolute atomic E-state index is 0.304. The summed E-state index contributed by atoms with van der Waals surface area (Å²) in [6.45, 7) is 0.935. The summed E-state index contributed by atoms with van der Waals surface area (Å²) in [7, 11) is 0. The SMILES string of the molecule is O=c1nc2oc(CCCCl)cc2cn1Cc1cn(Cc2ccccc2)nn1. The number of hydrogen-bond donors (Lipinski definition) is 0. The van der Waals surface area contributed by atoms with Crippen LogP contribution in [0, 0.1) is 0 Å². The van der Waals surface area contributed by atoms with Gasteiger partial charge in [0.15, 0.2) is 0 Å². The van der Waals surface area contributed by atoms with Gasteiger partial charge in [-0.05, 0) is 18.1 Å². The second-order valence-electron chi connectivity index (χ2n) is 6.31. The lowest BCUT2D eigenvalue weighted by Crippen LogP contribution is -2.22. The minimum atomic E-state index is -0.377. The predicted octanol–water partition coefficient (Wildman–Crippen LogP) is 2.85. The first-order valence-corrected chi connectivity index (χ1v) is 9.23. The number of nitrogens with zero attached hydrogens (tertiary/aromatic N) is 5. The highest BCUT2D eigenvalue weighted by molar-refractivity contribution is 6.17. The van der Waals surface area contributed by atoms with Gasteiger partial charge in [0.05, 0.1) is 24.7 Å². The summed E-state index contributed by atoms with van der Waals surface area (Å²) >= 11 is 5.72. The predicted molar refractivity (Wildman–Crippen MR) is 102 cm³/mol. The molecule has 4 rings (SSSR count). The van der Waals surface area contributed by atoms with Crippen LogP contribution in [0.25, 0.3) is 11.1 Å². The van der Waals surface area contributed by atoms with Crippen LogP contribution >= 0.6 is 11.6 Å². The first-order valence-electron chi connectivity index (χ1n) is 8.70. The summed E-state index contributed by atoms with van der Waals surface area (Å²) in [6, 6.07) is 11.9. The van der Waals surface area contributed by atoms with Crippen LogP contribution in [0.15, 0.2) is 58.0 Å². The number of rotatable bonds is 7. The highest BCUT2D eigenvalue weighted by Crippen LogP contribution is 2.17. The largest absolute Gasteiger partial charge is 0.443 e. The van der Waals surface area contributed by atoms with Gasteiger partial charge in [0, 0.05) is 18.5 Å². The number of alkyl halides is 1. The van der Waals surface area contributed by atoms with E-state index in [2.05, 4.69) is 15.3 Å². The zero-order valence-electron chi connectivity index (χ0n) is 14.6. The monoisotopic (exact) mass is 383 g/mol. The Balaban J connectivity index is 1.53. The molecular formula is C19H18ClN5O2. The van der Waals surface area contributed by atoms with E-state index in [9.17, 15) is 4.79 Å². The summed E-state index contributed by atoms with van der Waals surface area (Å²) < 4.78 is 8.88. The Kier molecular flexibility index (Phi) is 5.02. The third-order valence-electron chi connectivity index (χ3n) is 4.19. The van der Waals surface area contributed by atoms with Gasteiger partial charge in [-0.3, -0.25) is 4.57 Å². The summed E-state index contributed by atoms with van der Waals surface area (Å²) in [6.07, 6.45) is 5.12. The van der Waals surface area contributed by atoms with Gasteiger partial charge >= 0.3 is 5.69 Å². The number of benzene rings is 1. The van der Waals surface area contributed by atoms with Gasteiger partial charge in [-0.15, -0.1) is 16.7 Å². The second-order valence-corrected chi connectivity index (χ2v) is 6.69. The van der Waals surface area contributed by atoms with Crippen molar-refractivity contribution >= 4 is 22.7 Å². The Bertz CT molecular complexity index is 1100. The third-order valence-corrected chi connectivity index (χ3v) is 4.46. The van der Waals surface area contributed by atoms with E-state index in [0.29, 0.717) is 30.4 Å². The van der Waals surface area contributed by atoms with Crippen LogP contribution in [0.5, 0.6) is 0 Å². The standard InChI is InChI=1S/C19H18ClN5O2/c20-8-4-7-17-9-15-11-24(19(26)21-18(15)27-17)12-16-13-25(23-22-16)10-14-5-2-1-3-6-14/h1-3,5-6,9,11,13H,4,7-8,10,12H2. The van der Waals surface area contributed by atoms with Gasteiger partial charge in [0.1, 0.15) is 11.5 Å². The number of aryl methyl sites for hydroxylation is 1. The zero-order valence-corrected chi connectivity index (χ0v) is 15.3. The molecule has 0 bridgehead atoms. The van der Waals surface area contributed by atoms with Gasteiger partial charge in [-0.25, -0.2) is 9.48 Å². The van der Waals surface area contributed by atoms with Crippen molar-refractivity contribution in [3.8, 4) is 0 Å². The van der Waals surface area contributed by atoms with E-state index in [-0.39, 0.29) is 5.69 Å². The van der Waals surface area contributed by atoms with E-state index in [0.717, 1.165) is 29.6 Å². The van der Waals surface area contributed by atoms with Gasteiger partial charge in [0.2, 0.25) is 5.71 Å². The zero-order chi connectivity index (χ0) is 18.6. The highest BCUT2D eigenvalue weighted by Gasteiger charge is 2.10. The van der Waals surface area contributed by atoms with Gasteiger partial charge in [-0.1, -0.05) is 35.5 Å². The van der Waals surface area contributed by atoms with Crippen LogP contribution in [-0.2, 0) is 19.5 Å². The number of halogens is 1. The molecule has 0 unspecified atom stereocenters. The smallest absolute Gasteiger partial charge is 0.351 e. The molecule has 0 aliphatic rings. The number of fused-ring (bicyclic) bond motifs is 1. The first-order chi connectivity index (χ1) is 13.2. The van der Waals surface area contributed by atoms with E-state index >= 15 is 0 Å². The Morgan fingerprint density at radius 1 is 1.11 bits per heavy atom. The molecule has 7 nitrogen and oxygen atoms in total. The minimum Gasteiger partial charge on any atom is -0.443 e. The van der Waals surface area contributed by atoms with Crippen molar-refractivity contribution < 1.29 is 4.42 Å². The Morgan fingerprint density at radius 2 is 1.96 bits per heavy atom. The second kappa shape index (κ2) is 7.75. The van der Waals surface area contributed by atoms with Crippen molar-refractivity contribution in [2.24, 2.45) is 0 Å². The Labute approximate surface area is 160 Å². The lowest BCUT2D eigenvalue weighted by molar-refractivity contribution is 0.532. The summed E-state index contributed by atoms with van der Waals surface area (Å²) in [5, 5.41) is 9.09. The molecule has 4 aromatic rings. The van der Waals surface area contributed by atoms with Crippen LogP contribution in [0.2, 0.25) is 0 Å². The van der Waals surface area contributed by atoms with Crippen molar-refractivity contribution in [3.63, 3.8) is 0 Å². The molecule has 0 saturated carbocycles. The van der Waals surface area contributed by atoms with E-state index < -0.39 is 0 Å². The molecule has 0 aliphatic carbocycles. The molecule has 1 aromatic carbocycles. The van der Waals surface area contributed by atoms with E-state index in [1.807, 2.05) is 42.6 Å². The molecule has 0 saturated heterocycles. The van der Waals surface area contributed by atoms with Gasteiger partial charge < -0.3 is 4.42 Å². The van der Waals surface area contributed by atoms with Crippen LogP contribution in [0.1, 0.15) is 23.4 Å².